The molecule has 0 heterocycles. The lowest BCUT2D eigenvalue weighted by Crippen LogP contribution is -1.95. The Balaban J connectivity index is 0.000000230. The fraction of sp³-hybridized carbons (Fsp3) is 0.118. The van der Waals surface area contributed by atoms with E-state index in [2.05, 4.69) is 0 Å². The van der Waals surface area contributed by atoms with Crippen LogP contribution in [-0.4, -0.2) is 46.2 Å². The number of aryl methyl sites for hydroxylation is 2. The Kier molecular flexibility index (Phi) is 10.5. The summed E-state index contributed by atoms with van der Waals surface area (Å²) in [5.41, 5.74) is 4.06. The van der Waals surface area contributed by atoms with Gasteiger partial charge in [0.05, 0.1) is 14.2 Å². The average Bonchev–Trinajstić information content (AvgIpc) is 2.96. The van der Waals surface area contributed by atoms with Crippen molar-refractivity contribution >= 4 is 23.7 Å². The van der Waals surface area contributed by atoms with Gasteiger partial charge in [-0.15, -0.1) is 0 Å². The highest BCUT2D eigenvalue weighted by Crippen LogP contribution is 2.30. The Morgan fingerprint density at radius 1 is 0.548 bits per heavy atom. The smallest absolute Gasteiger partial charge is 0.185 e. The monoisotopic (exact) mass is 568 g/mol. The van der Waals surface area contributed by atoms with Crippen LogP contribution in [0.25, 0.3) is 12.2 Å². The maximum absolute atomic E-state index is 12.0. The number of aromatic hydroxyl groups is 4. The van der Waals surface area contributed by atoms with Gasteiger partial charge in [0, 0.05) is 34.4 Å². The van der Waals surface area contributed by atoms with Gasteiger partial charge in [-0.1, -0.05) is 0 Å². The van der Waals surface area contributed by atoms with Gasteiger partial charge in [-0.25, -0.2) is 0 Å². The molecule has 0 amide bonds. The molecule has 0 saturated heterocycles. The highest BCUT2D eigenvalue weighted by Gasteiger charge is 2.09. The van der Waals surface area contributed by atoms with Crippen LogP contribution in [-0.2, 0) is 0 Å². The maximum atomic E-state index is 12.0. The molecule has 0 radical (unpaired) electrons. The zero-order valence-corrected chi connectivity index (χ0v) is 23.7. The van der Waals surface area contributed by atoms with Gasteiger partial charge < -0.3 is 29.9 Å². The standard InChI is InChI=1S/2C17H16O4/c2*1-11-9-14(19)10-17(21-2)15(11)7-8-16(20)12-3-5-13(18)6-4-12/h2*3-10,18-19H,1-2H3/b2*8-7+. The van der Waals surface area contributed by atoms with Gasteiger partial charge in [-0.2, -0.15) is 0 Å². The average molecular weight is 569 g/mol. The maximum Gasteiger partial charge on any atom is 0.185 e. The predicted molar refractivity (Wildman–Crippen MR) is 162 cm³/mol. The van der Waals surface area contributed by atoms with E-state index in [4.69, 9.17) is 9.47 Å². The molecule has 0 spiro atoms. The topological polar surface area (TPSA) is 134 Å². The van der Waals surface area contributed by atoms with Gasteiger partial charge in [-0.3, -0.25) is 9.59 Å². The van der Waals surface area contributed by atoms with Gasteiger partial charge in [0.2, 0.25) is 0 Å². The van der Waals surface area contributed by atoms with Crippen molar-refractivity contribution in [3.8, 4) is 34.5 Å². The molecule has 0 aliphatic heterocycles. The number of phenols is 4. The number of benzene rings is 4. The number of carbonyl (C=O) groups is 2. The summed E-state index contributed by atoms with van der Waals surface area (Å²) in [4.78, 5) is 24.1. The number of allylic oxidation sites excluding steroid dienone is 2. The molecular formula is C34H32O8. The highest BCUT2D eigenvalue weighted by atomic mass is 16.5. The minimum absolute atomic E-state index is 0.117. The van der Waals surface area contributed by atoms with Crippen LogP contribution >= 0.6 is 0 Å². The Bertz CT molecular complexity index is 1490. The summed E-state index contributed by atoms with van der Waals surface area (Å²) in [5, 5.41) is 37.5. The first-order valence-electron chi connectivity index (χ1n) is 12.8. The molecule has 0 aromatic heterocycles. The Morgan fingerprint density at radius 2 is 0.881 bits per heavy atom. The summed E-state index contributed by atoms with van der Waals surface area (Å²) in [7, 11) is 3.01. The summed E-state index contributed by atoms with van der Waals surface area (Å²) >= 11 is 0. The molecule has 216 valence electrons. The van der Waals surface area contributed by atoms with E-state index in [0.29, 0.717) is 22.6 Å². The SMILES string of the molecule is COc1cc(O)cc(C)c1/C=C/C(=O)c1ccc(O)cc1.COc1cc(O)cc(C)c1/C=C/C(=O)c1ccc(O)cc1. The van der Waals surface area contributed by atoms with Crippen molar-refractivity contribution < 1.29 is 39.5 Å². The second-order valence-electron chi connectivity index (χ2n) is 9.25. The number of hydrogen-bond donors (Lipinski definition) is 4. The number of ether oxygens (including phenoxy) is 2. The Labute approximate surface area is 244 Å². The third-order valence-corrected chi connectivity index (χ3v) is 6.21. The van der Waals surface area contributed by atoms with E-state index < -0.39 is 0 Å². The van der Waals surface area contributed by atoms with Crippen LogP contribution in [0.1, 0.15) is 43.0 Å². The molecule has 0 saturated carbocycles. The van der Waals surface area contributed by atoms with Crippen LogP contribution in [0.5, 0.6) is 34.5 Å². The van der Waals surface area contributed by atoms with Crippen molar-refractivity contribution in [3.63, 3.8) is 0 Å². The van der Waals surface area contributed by atoms with Crippen LogP contribution in [0.4, 0.5) is 0 Å². The first-order valence-corrected chi connectivity index (χ1v) is 12.8. The fourth-order valence-electron chi connectivity index (χ4n) is 4.02. The van der Waals surface area contributed by atoms with E-state index in [9.17, 15) is 30.0 Å². The van der Waals surface area contributed by atoms with E-state index in [0.717, 1.165) is 22.3 Å². The first-order chi connectivity index (χ1) is 20.0. The molecule has 4 N–H and O–H groups in total. The third kappa shape index (κ3) is 8.25. The molecule has 42 heavy (non-hydrogen) atoms. The molecular weight excluding hydrogens is 536 g/mol. The van der Waals surface area contributed by atoms with Crippen LogP contribution in [0.2, 0.25) is 0 Å². The minimum Gasteiger partial charge on any atom is -0.508 e. The highest BCUT2D eigenvalue weighted by molar-refractivity contribution is 6.07. The van der Waals surface area contributed by atoms with E-state index in [1.807, 2.05) is 13.8 Å². The normalized spacial score (nSPS) is 10.8. The van der Waals surface area contributed by atoms with Crippen molar-refractivity contribution in [2.24, 2.45) is 0 Å². The first kappa shape index (κ1) is 31.0. The van der Waals surface area contributed by atoms with Crippen LogP contribution in [0.3, 0.4) is 0 Å². The molecule has 0 fully saturated rings. The molecule has 0 unspecified atom stereocenters. The second kappa shape index (κ2) is 14.2. The Hall–Kier alpha value is -5.50. The van der Waals surface area contributed by atoms with Gasteiger partial charge in [0.15, 0.2) is 11.6 Å². The number of ketones is 2. The van der Waals surface area contributed by atoms with E-state index in [1.165, 1.54) is 62.8 Å². The number of carbonyl (C=O) groups excluding carboxylic acids is 2. The van der Waals surface area contributed by atoms with Gasteiger partial charge >= 0.3 is 0 Å². The summed E-state index contributed by atoms with van der Waals surface area (Å²) in [6, 6.07) is 18.3. The molecule has 0 aliphatic rings. The minimum atomic E-state index is -0.176. The summed E-state index contributed by atoms with van der Waals surface area (Å²) in [6.45, 7) is 3.65. The van der Waals surface area contributed by atoms with Gasteiger partial charge in [-0.05, 0) is 110 Å². The van der Waals surface area contributed by atoms with E-state index >= 15 is 0 Å². The molecule has 8 heteroatoms. The third-order valence-electron chi connectivity index (χ3n) is 6.21. The zero-order chi connectivity index (χ0) is 30.8. The van der Waals surface area contributed by atoms with Crippen molar-refractivity contribution in [3.05, 3.63) is 118 Å². The Morgan fingerprint density at radius 3 is 1.19 bits per heavy atom. The van der Waals surface area contributed by atoms with Crippen molar-refractivity contribution in [1.82, 2.24) is 0 Å². The predicted octanol–water partition coefficient (Wildman–Crippen LogP) is 6.62. The zero-order valence-electron chi connectivity index (χ0n) is 23.7. The van der Waals surface area contributed by atoms with Crippen LogP contribution < -0.4 is 9.47 Å². The number of rotatable bonds is 8. The lowest BCUT2D eigenvalue weighted by molar-refractivity contribution is 0.103. The van der Waals surface area contributed by atoms with E-state index in [1.54, 1.807) is 48.6 Å². The summed E-state index contributed by atoms with van der Waals surface area (Å²) < 4.78 is 10.4. The number of phenolic OH excluding ortho intramolecular Hbond substituents is 4. The summed E-state index contributed by atoms with van der Waals surface area (Å²) in [5.74, 6) is 1.12. The van der Waals surface area contributed by atoms with Crippen LogP contribution in [0, 0.1) is 13.8 Å². The number of hydrogen-bond acceptors (Lipinski definition) is 8. The lowest BCUT2D eigenvalue weighted by Gasteiger charge is -2.08. The molecule has 4 rings (SSSR count). The quantitative estimate of drug-likeness (QED) is 0.138. The van der Waals surface area contributed by atoms with Gasteiger partial charge in [0.1, 0.15) is 34.5 Å². The molecule has 0 aliphatic carbocycles. The fourth-order valence-corrected chi connectivity index (χ4v) is 4.02. The van der Waals surface area contributed by atoms with Crippen molar-refractivity contribution in [2.45, 2.75) is 13.8 Å². The molecule has 0 atom stereocenters. The van der Waals surface area contributed by atoms with E-state index in [-0.39, 0.29) is 34.6 Å². The number of methoxy groups -OCH3 is 2. The van der Waals surface area contributed by atoms with Crippen LogP contribution in [0.15, 0.2) is 84.9 Å². The van der Waals surface area contributed by atoms with Crippen molar-refractivity contribution in [1.29, 1.82) is 0 Å². The van der Waals surface area contributed by atoms with Gasteiger partial charge in [0.25, 0.3) is 0 Å². The second-order valence-corrected chi connectivity index (χ2v) is 9.25. The molecule has 8 nitrogen and oxygen atoms in total. The molecule has 0 bridgehead atoms. The summed E-state index contributed by atoms with van der Waals surface area (Å²) in [6.07, 6.45) is 6.19. The lowest BCUT2D eigenvalue weighted by atomic mass is 10.0. The van der Waals surface area contributed by atoms with Crippen molar-refractivity contribution in [2.75, 3.05) is 14.2 Å². The molecule has 4 aromatic rings. The largest absolute Gasteiger partial charge is 0.508 e. The molecule has 4 aromatic carbocycles.